The van der Waals surface area contributed by atoms with Gasteiger partial charge >= 0.3 is 0 Å². The molecule has 0 unspecified atom stereocenters. The van der Waals surface area contributed by atoms with Crippen molar-refractivity contribution in [3.05, 3.63) is 15.9 Å². The first-order chi connectivity index (χ1) is 9.52. The first kappa shape index (κ1) is 15.3. The van der Waals surface area contributed by atoms with Crippen LogP contribution in [0, 0.1) is 6.92 Å². The number of halogens is 1. The van der Waals surface area contributed by atoms with Crippen LogP contribution in [0.1, 0.15) is 37.1 Å². The average Bonchev–Trinajstić information content (AvgIpc) is 3.02. The van der Waals surface area contributed by atoms with Gasteiger partial charge in [0.1, 0.15) is 0 Å². The summed E-state index contributed by atoms with van der Waals surface area (Å²) < 4.78 is 2.94. The van der Waals surface area contributed by atoms with Crippen LogP contribution >= 0.6 is 15.9 Å². The normalized spacial score (nSPS) is 17.3. The summed E-state index contributed by atoms with van der Waals surface area (Å²) in [5, 5.41) is 16.3. The zero-order valence-corrected chi connectivity index (χ0v) is 13.6. The van der Waals surface area contributed by atoms with Gasteiger partial charge in [-0.3, -0.25) is 9.58 Å². The van der Waals surface area contributed by atoms with Crippen LogP contribution in [0.4, 0.5) is 0 Å². The van der Waals surface area contributed by atoms with Gasteiger partial charge in [-0.15, -0.1) is 0 Å². The number of amidine groups is 1. The van der Waals surface area contributed by atoms with E-state index in [2.05, 4.69) is 31.1 Å². The zero-order chi connectivity index (χ0) is 14.7. The second-order valence-electron chi connectivity index (χ2n) is 5.40. The Morgan fingerprint density at radius 1 is 1.55 bits per heavy atom. The maximum absolute atomic E-state index is 8.82. The van der Waals surface area contributed by atoms with Crippen LogP contribution in [0.3, 0.4) is 0 Å². The number of hydrogen-bond donors (Lipinski definition) is 2. The summed E-state index contributed by atoms with van der Waals surface area (Å²) in [4.78, 5) is 2.28. The predicted octanol–water partition coefficient (Wildman–Crippen LogP) is 1.98. The molecule has 0 radical (unpaired) electrons. The second-order valence-corrected chi connectivity index (χ2v) is 6.20. The van der Waals surface area contributed by atoms with Crippen molar-refractivity contribution < 1.29 is 5.21 Å². The highest BCUT2D eigenvalue weighted by Crippen LogP contribution is 2.27. The van der Waals surface area contributed by atoms with Crippen molar-refractivity contribution in [1.29, 1.82) is 0 Å². The molecule has 0 atom stereocenters. The van der Waals surface area contributed by atoms with Gasteiger partial charge in [0.15, 0.2) is 5.84 Å². The Morgan fingerprint density at radius 2 is 2.20 bits per heavy atom. The first-order valence-electron chi connectivity index (χ1n) is 6.91. The fraction of sp³-hybridized carbons (Fsp3) is 0.692. The molecule has 1 fully saturated rings. The minimum atomic E-state index is 0.256. The van der Waals surface area contributed by atoms with E-state index in [9.17, 15) is 0 Å². The molecule has 1 aliphatic rings. The third-order valence-electron chi connectivity index (χ3n) is 3.95. The maximum Gasteiger partial charge on any atom is 0.153 e. The summed E-state index contributed by atoms with van der Waals surface area (Å²) in [6.07, 6.45) is 4.85. The molecule has 0 spiro atoms. The summed E-state index contributed by atoms with van der Waals surface area (Å²) in [7, 11) is 1.95. The Morgan fingerprint density at radius 3 is 2.70 bits per heavy atom. The lowest BCUT2D eigenvalue weighted by molar-refractivity contribution is 0.208. The Hall–Kier alpha value is -1.08. The lowest BCUT2D eigenvalue weighted by Crippen LogP contribution is -2.40. The lowest BCUT2D eigenvalue weighted by Gasteiger charge is -2.28. The van der Waals surface area contributed by atoms with E-state index in [0.29, 0.717) is 12.6 Å². The second kappa shape index (κ2) is 6.58. The summed E-state index contributed by atoms with van der Waals surface area (Å²) in [5.74, 6) is 0.256. The van der Waals surface area contributed by atoms with Gasteiger partial charge in [0.2, 0.25) is 0 Å². The molecule has 1 heterocycles. The van der Waals surface area contributed by atoms with Gasteiger partial charge in [-0.05, 0) is 35.7 Å². The van der Waals surface area contributed by atoms with E-state index >= 15 is 0 Å². The number of hydrogen-bond acceptors (Lipinski definition) is 4. The van der Waals surface area contributed by atoms with Gasteiger partial charge in [-0.1, -0.05) is 18.0 Å². The van der Waals surface area contributed by atoms with Gasteiger partial charge in [0, 0.05) is 19.6 Å². The summed E-state index contributed by atoms with van der Waals surface area (Å²) in [6.45, 7) is 3.22. The van der Waals surface area contributed by atoms with Crippen molar-refractivity contribution in [3.8, 4) is 0 Å². The van der Waals surface area contributed by atoms with E-state index in [0.717, 1.165) is 22.4 Å². The number of aryl methyl sites for hydroxylation is 2. The number of nitrogens with two attached hydrogens (primary N) is 1. The molecule has 0 bridgehead atoms. The Balaban J connectivity index is 2.18. The molecule has 112 valence electrons. The first-order valence-corrected chi connectivity index (χ1v) is 7.70. The molecule has 0 aliphatic heterocycles. The van der Waals surface area contributed by atoms with Crippen molar-refractivity contribution in [1.82, 2.24) is 14.7 Å². The standard InChI is InChI=1S/C13H22BrN5O/c1-9-13(14)11(18(2)16-9)7-19(8-12(15)17-20)10-5-3-4-6-10/h10,20H,3-8H2,1-2H3,(H2,15,17). The van der Waals surface area contributed by atoms with E-state index in [1.807, 2.05) is 18.7 Å². The molecule has 1 aromatic heterocycles. The van der Waals surface area contributed by atoms with E-state index in [1.165, 1.54) is 25.7 Å². The Labute approximate surface area is 127 Å². The molecule has 6 nitrogen and oxygen atoms in total. The zero-order valence-electron chi connectivity index (χ0n) is 12.0. The number of nitrogens with zero attached hydrogens (tertiary/aromatic N) is 4. The van der Waals surface area contributed by atoms with E-state index < -0.39 is 0 Å². The molecular weight excluding hydrogens is 322 g/mol. The van der Waals surface area contributed by atoms with Crippen LogP contribution in [-0.2, 0) is 13.6 Å². The van der Waals surface area contributed by atoms with E-state index in [4.69, 9.17) is 10.9 Å². The Kier molecular flexibility index (Phi) is 5.04. The fourth-order valence-electron chi connectivity index (χ4n) is 2.87. The van der Waals surface area contributed by atoms with Crippen molar-refractivity contribution in [2.24, 2.45) is 17.9 Å². The highest BCUT2D eigenvalue weighted by molar-refractivity contribution is 9.10. The smallest absolute Gasteiger partial charge is 0.153 e. The molecule has 1 saturated carbocycles. The highest BCUT2D eigenvalue weighted by atomic mass is 79.9. The third-order valence-corrected chi connectivity index (χ3v) is 4.98. The summed E-state index contributed by atoms with van der Waals surface area (Å²) in [5.41, 5.74) is 7.81. The van der Waals surface area contributed by atoms with Crippen LogP contribution in [-0.4, -0.2) is 38.3 Å². The van der Waals surface area contributed by atoms with Crippen molar-refractivity contribution in [2.45, 2.75) is 45.2 Å². The Bertz CT molecular complexity index is 493. The minimum absolute atomic E-state index is 0.256. The number of rotatable bonds is 5. The third kappa shape index (κ3) is 3.32. The summed E-state index contributed by atoms with van der Waals surface area (Å²) >= 11 is 3.60. The monoisotopic (exact) mass is 343 g/mol. The maximum atomic E-state index is 8.82. The molecule has 20 heavy (non-hydrogen) atoms. The van der Waals surface area contributed by atoms with Crippen molar-refractivity contribution >= 4 is 21.8 Å². The predicted molar refractivity (Wildman–Crippen MR) is 81.7 cm³/mol. The molecule has 0 aromatic carbocycles. The number of aromatic nitrogens is 2. The van der Waals surface area contributed by atoms with Gasteiger partial charge in [0.05, 0.1) is 22.4 Å². The van der Waals surface area contributed by atoms with Gasteiger partial charge < -0.3 is 10.9 Å². The van der Waals surface area contributed by atoms with E-state index in [1.54, 1.807) is 0 Å². The molecule has 1 aromatic rings. The molecule has 3 N–H and O–H groups in total. The molecular formula is C13H22BrN5O. The molecule has 7 heteroatoms. The number of oxime groups is 1. The molecule has 0 amide bonds. The quantitative estimate of drug-likeness (QED) is 0.371. The minimum Gasteiger partial charge on any atom is -0.409 e. The largest absolute Gasteiger partial charge is 0.409 e. The average molecular weight is 344 g/mol. The van der Waals surface area contributed by atoms with Gasteiger partial charge in [0.25, 0.3) is 0 Å². The van der Waals surface area contributed by atoms with Crippen molar-refractivity contribution in [3.63, 3.8) is 0 Å². The van der Waals surface area contributed by atoms with Crippen LogP contribution in [0.5, 0.6) is 0 Å². The van der Waals surface area contributed by atoms with Gasteiger partial charge in [-0.2, -0.15) is 5.10 Å². The van der Waals surface area contributed by atoms with Crippen LogP contribution in [0.15, 0.2) is 9.63 Å². The van der Waals surface area contributed by atoms with E-state index in [-0.39, 0.29) is 5.84 Å². The van der Waals surface area contributed by atoms with Crippen LogP contribution < -0.4 is 5.73 Å². The highest BCUT2D eigenvalue weighted by Gasteiger charge is 2.25. The lowest BCUT2D eigenvalue weighted by atomic mass is 10.2. The van der Waals surface area contributed by atoms with Crippen molar-refractivity contribution in [2.75, 3.05) is 6.54 Å². The molecule has 2 rings (SSSR count). The van der Waals surface area contributed by atoms with Gasteiger partial charge in [-0.25, -0.2) is 0 Å². The fourth-order valence-corrected chi connectivity index (χ4v) is 3.33. The SMILES string of the molecule is Cc1nn(C)c(CN(CC(N)=NO)C2CCCC2)c1Br. The van der Waals surface area contributed by atoms with Crippen LogP contribution in [0.2, 0.25) is 0 Å². The van der Waals surface area contributed by atoms with Crippen LogP contribution in [0.25, 0.3) is 0 Å². The molecule has 0 saturated heterocycles. The topological polar surface area (TPSA) is 79.7 Å². The summed E-state index contributed by atoms with van der Waals surface area (Å²) in [6, 6.07) is 0.498. The molecule has 1 aliphatic carbocycles.